The number of aryl methyl sites for hydroxylation is 1. The van der Waals surface area contributed by atoms with Crippen molar-refractivity contribution in [2.45, 2.75) is 20.1 Å². The van der Waals surface area contributed by atoms with Crippen LogP contribution in [-0.2, 0) is 13.2 Å². The zero-order chi connectivity index (χ0) is 14.5. The first-order valence-corrected chi connectivity index (χ1v) is 6.05. The van der Waals surface area contributed by atoms with E-state index >= 15 is 0 Å². The maximum absolute atomic E-state index is 5.72. The van der Waals surface area contributed by atoms with E-state index in [1.165, 1.54) is 0 Å². The van der Waals surface area contributed by atoms with E-state index in [-0.39, 0.29) is 6.61 Å². The van der Waals surface area contributed by atoms with Gasteiger partial charge in [-0.1, -0.05) is 10.3 Å². The Bertz CT molecular complexity index is 558. The maximum atomic E-state index is 5.72. The highest BCUT2D eigenvalue weighted by molar-refractivity contribution is 5.53. The van der Waals surface area contributed by atoms with E-state index in [1.54, 1.807) is 21.1 Å². The molecule has 0 bridgehead atoms. The highest BCUT2D eigenvalue weighted by Crippen LogP contribution is 2.38. The molecule has 1 aromatic heterocycles. The van der Waals surface area contributed by atoms with E-state index in [0.29, 0.717) is 35.2 Å². The molecule has 0 saturated heterocycles. The molecule has 1 heterocycles. The van der Waals surface area contributed by atoms with Gasteiger partial charge in [0.15, 0.2) is 11.5 Å². The summed E-state index contributed by atoms with van der Waals surface area (Å²) in [7, 11) is 3.12. The van der Waals surface area contributed by atoms with E-state index in [0.717, 1.165) is 5.56 Å². The van der Waals surface area contributed by atoms with Crippen molar-refractivity contribution in [1.29, 1.82) is 0 Å². The highest BCUT2D eigenvalue weighted by atomic mass is 16.6. The van der Waals surface area contributed by atoms with Gasteiger partial charge < -0.3 is 19.9 Å². The number of rotatable bonds is 6. The molecule has 0 fully saturated rings. The van der Waals surface area contributed by atoms with Crippen molar-refractivity contribution in [3.63, 3.8) is 0 Å². The Balaban J connectivity index is 2.27. The first kappa shape index (κ1) is 14.1. The summed E-state index contributed by atoms with van der Waals surface area (Å²) in [6.45, 7) is 2.39. The van der Waals surface area contributed by atoms with Crippen molar-refractivity contribution < 1.29 is 18.8 Å². The average Bonchev–Trinajstić information content (AvgIpc) is 2.89. The Morgan fingerprint density at radius 1 is 1.15 bits per heavy atom. The van der Waals surface area contributed by atoms with Crippen LogP contribution >= 0.6 is 0 Å². The molecule has 2 aromatic rings. The van der Waals surface area contributed by atoms with Gasteiger partial charge in [-0.25, -0.2) is 4.63 Å². The average molecular weight is 279 g/mol. The van der Waals surface area contributed by atoms with Gasteiger partial charge in [0.25, 0.3) is 0 Å². The standard InChI is InChI=1S/C13H17N3O4/c1-8-10(16-20-15-8)7-19-13-11(17-2)4-9(6-14)5-12(13)18-3/h4-5H,6-7,14H2,1-3H3. The molecule has 0 unspecified atom stereocenters. The van der Waals surface area contributed by atoms with E-state index in [9.17, 15) is 0 Å². The van der Waals surface area contributed by atoms with Crippen LogP contribution in [0.3, 0.4) is 0 Å². The molecule has 2 N–H and O–H groups in total. The number of ether oxygens (including phenoxy) is 3. The molecule has 1 aromatic carbocycles. The summed E-state index contributed by atoms with van der Waals surface area (Å²) < 4.78 is 21.0. The summed E-state index contributed by atoms with van der Waals surface area (Å²) >= 11 is 0. The van der Waals surface area contributed by atoms with Crippen LogP contribution in [0.25, 0.3) is 0 Å². The number of methoxy groups -OCH3 is 2. The Hall–Kier alpha value is -2.28. The topological polar surface area (TPSA) is 92.6 Å². The molecule has 0 saturated carbocycles. The molecule has 7 nitrogen and oxygen atoms in total. The summed E-state index contributed by atoms with van der Waals surface area (Å²) in [6, 6.07) is 3.62. The molecule has 0 aliphatic heterocycles. The maximum Gasteiger partial charge on any atom is 0.203 e. The Labute approximate surface area is 116 Å². The Morgan fingerprint density at radius 2 is 1.80 bits per heavy atom. The second-order valence-corrected chi connectivity index (χ2v) is 4.12. The fraction of sp³-hybridized carbons (Fsp3) is 0.385. The SMILES string of the molecule is COc1cc(CN)cc(OC)c1OCc1nonc1C. The van der Waals surface area contributed by atoms with Crippen molar-refractivity contribution in [2.75, 3.05) is 14.2 Å². The van der Waals surface area contributed by atoms with Crippen LogP contribution in [0.1, 0.15) is 17.0 Å². The quantitative estimate of drug-likeness (QED) is 0.855. The molecule has 0 amide bonds. The normalized spacial score (nSPS) is 10.4. The van der Waals surface area contributed by atoms with Crippen LogP contribution in [0.4, 0.5) is 0 Å². The lowest BCUT2D eigenvalue weighted by Gasteiger charge is -2.15. The van der Waals surface area contributed by atoms with Crippen LogP contribution in [-0.4, -0.2) is 24.5 Å². The highest BCUT2D eigenvalue weighted by Gasteiger charge is 2.15. The van der Waals surface area contributed by atoms with Crippen LogP contribution < -0.4 is 19.9 Å². The Kier molecular flexibility index (Phi) is 4.41. The summed E-state index contributed by atoms with van der Waals surface area (Å²) in [6.07, 6.45) is 0. The van der Waals surface area contributed by atoms with Crippen molar-refractivity contribution in [1.82, 2.24) is 10.3 Å². The van der Waals surface area contributed by atoms with E-state index in [1.807, 2.05) is 12.1 Å². The predicted molar refractivity (Wildman–Crippen MR) is 70.8 cm³/mol. The minimum atomic E-state index is 0.212. The second-order valence-electron chi connectivity index (χ2n) is 4.12. The third-order valence-corrected chi connectivity index (χ3v) is 2.86. The first-order valence-electron chi connectivity index (χ1n) is 6.05. The van der Waals surface area contributed by atoms with Gasteiger partial charge in [0.1, 0.15) is 18.0 Å². The van der Waals surface area contributed by atoms with Gasteiger partial charge in [-0.3, -0.25) is 0 Å². The third-order valence-electron chi connectivity index (χ3n) is 2.86. The lowest BCUT2D eigenvalue weighted by Crippen LogP contribution is -2.04. The molecule has 0 atom stereocenters. The van der Waals surface area contributed by atoms with Crippen LogP contribution in [0.2, 0.25) is 0 Å². The second kappa shape index (κ2) is 6.25. The first-order chi connectivity index (χ1) is 9.69. The minimum absolute atomic E-state index is 0.212. The van der Waals surface area contributed by atoms with Gasteiger partial charge in [-0.05, 0) is 24.6 Å². The molecule has 20 heavy (non-hydrogen) atoms. The van der Waals surface area contributed by atoms with Gasteiger partial charge >= 0.3 is 0 Å². The Morgan fingerprint density at radius 3 is 2.25 bits per heavy atom. The largest absolute Gasteiger partial charge is 0.493 e. The number of nitrogens with two attached hydrogens (primary N) is 1. The third kappa shape index (κ3) is 2.83. The fourth-order valence-electron chi connectivity index (χ4n) is 1.72. The zero-order valence-corrected chi connectivity index (χ0v) is 11.7. The van der Waals surface area contributed by atoms with Gasteiger partial charge in [-0.15, -0.1) is 0 Å². The zero-order valence-electron chi connectivity index (χ0n) is 11.7. The number of benzene rings is 1. The van der Waals surface area contributed by atoms with Crippen LogP contribution in [0, 0.1) is 6.92 Å². The molecule has 0 aliphatic rings. The van der Waals surface area contributed by atoms with Crippen molar-refractivity contribution >= 4 is 0 Å². The molecule has 2 rings (SSSR count). The fourth-order valence-corrected chi connectivity index (χ4v) is 1.72. The summed E-state index contributed by atoms with van der Waals surface area (Å²) in [4.78, 5) is 0. The summed E-state index contributed by atoms with van der Waals surface area (Å²) in [5, 5.41) is 7.46. The lowest BCUT2D eigenvalue weighted by atomic mass is 10.2. The molecular weight excluding hydrogens is 262 g/mol. The summed E-state index contributed by atoms with van der Waals surface area (Å²) in [5.74, 6) is 1.60. The number of hydrogen-bond donors (Lipinski definition) is 1. The van der Waals surface area contributed by atoms with Crippen LogP contribution in [0.15, 0.2) is 16.8 Å². The van der Waals surface area contributed by atoms with Crippen molar-refractivity contribution in [2.24, 2.45) is 5.73 Å². The van der Waals surface area contributed by atoms with Gasteiger partial charge in [0, 0.05) is 6.54 Å². The lowest BCUT2D eigenvalue weighted by molar-refractivity contribution is 0.249. The van der Waals surface area contributed by atoms with E-state index in [2.05, 4.69) is 14.9 Å². The molecule has 0 radical (unpaired) electrons. The number of aromatic nitrogens is 2. The number of nitrogens with zero attached hydrogens (tertiary/aromatic N) is 2. The van der Waals surface area contributed by atoms with E-state index < -0.39 is 0 Å². The molecule has 0 aliphatic carbocycles. The molecule has 0 spiro atoms. The molecule has 7 heteroatoms. The smallest absolute Gasteiger partial charge is 0.203 e. The van der Waals surface area contributed by atoms with Gasteiger partial charge in [0.2, 0.25) is 5.75 Å². The van der Waals surface area contributed by atoms with Gasteiger partial charge in [-0.2, -0.15) is 0 Å². The molecular formula is C13H17N3O4. The van der Waals surface area contributed by atoms with Gasteiger partial charge in [0.05, 0.1) is 14.2 Å². The minimum Gasteiger partial charge on any atom is -0.493 e. The predicted octanol–water partition coefficient (Wildman–Crippen LogP) is 1.43. The van der Waals surface area contributed by atoms with Crippen molar-refractivity contribution in [3.05, 3.63) is 29.1 Å². The number of hydrogen-bond acceptors (Lipinski definition) is 7. The van der Waals surface area contributed by atoms with Crippen molar-refractivity contribution in [3.8, 4) is 17.2 Å². The van der Waals surface area contributed by atoms with E-state index in [4.69, 9.17) is 19.9 Å². The molecule has 108 valence electrons. The van der Waals surface area contributed by atoms with Crippen LogP contribution in [0.5, 0.6) is 17.2 Å². The monoisotopic (exact) mass is 279 g/mol. The summed E-state index contributed by atoms with van der Waals surface area (Å²) in [5.41, 5.74) is 7.83.